The summed E-state index contributed by atoms with van der Waals surface area (Å²) in [5.74, 6) is 0. The predicted octanol–water partition coefficient (Wildman–Crippen LogP) is 1.02. The van der Waals surface area contributed by atoms with Gasteiger partial charge in [-0.05, 0) is 25.0 Å². The molecule has 2 fully saturated rings. The summed E-state index contributed by atoms with van der Waals surface area (Å²) in [6, 6.07) is 10.0. The number of hydrogen-bond donors (Lipinski definition) is 2. The van der Waals surface area contributed by atoms with Crippen LogP contribution in [0.4, 0.5) is 10.5 Å². The zero-order chi connectivity index (χ0) is 15.4. The van der Waals surface area contributed by atoms with E-state index in [9.17, 15) is 9.90 Å². The number of aliphatic hydroxyl groups is 1. The van der Waals surface area contributed by atoms with Gasteiger partial charge in [-0.2, -0.15) is 0 Å². The number of piperazine rings is 1. The number of carbonyl (C=O) groups is 1. The molecule has 0 spiro atoms. The van der Waals surface area contributed by atoms with Gasteiger partial charge in [0.05, 0.1) is 19.2 Å². The summed E-state index contributed by atoms with van der Waals surface area (Å²) >= 11 is 0. The molecule has 2 saturated heterocycles. The van der Waals surface area contributed by atoms with Gasteiger partial charge in [-0.3, -0.25) is 5.32 Å². The fourth-order valence-electron chi connectivity index (χ4n) is 3.12. The normalized spacial score (nSPS) is 25.3. The lowest BCUT2D eigenvalue weighted by Crippen LogP contribution is -2.54. The number of ether oxygens (including phenoxy) is 1. The van der Waals surface area contributed by atoms with Crippen LogP contribution in [0.1, 0.15) is 12.8 Å². The molecule has 6 heteroatoms. The molecule has 120 valence electrons. The maximum absolute atomic E-state index is 12.3. The van der Waals surface area contributed by atoms with Gasteiger partial charge in [0.25, 0.3) is 0 Å². The monoisotopic (exact) mass is 305 g/mol. The van der Waals surface area contributed by atoms with Gasteiger partial charge in [-0.25, -0.2) is 4.79 Å². The second-order valence-electron chi connectivity index (χ2n) is 5.78. The van der Waals surface area contributed by atoms with Crippen molar-refractivity contribution in [3.63, 3.8) is 0 Å². The summed E-state index contributed by atoms with van der Waals surface area (Å²) in [6.07, 6.45) is 1.12. The van der Waals surface area contributed by atoms with E-state index in [2.05, 4.69) is 22.3 Å². The second kappa shape index (κ2) is 6.98. The Balaban J connectivity index is 1.57. The molecule has 3 rings (SSSR count). The summed E-state index contributed by atoms with van der Waals surface area (Å²) in [5, 5.41) is 12.5. The summed E-state index contributed by atoms with van der Waals surface area (Å²) < 4.78 is 5.58. The molecule has 0 aliphatic carbocycles. The van der Waals surface area contributed by atoms with Crippen LogP contribution in [0.3, 0.4) is 0 Å². The zero-order valence-corrected chi connectivity index (χ0v) is 12.6. The topological polar surface area (TPSA) is 65.0 Å². The smallest absolute Gasteiger partial charge is 0.411 e. The maximum Gasteiger partial charge on any atom is 0.411 e. The Morgan fingerprint density at radius 2 is 2.14 bits per heavy atom. The number of nitrogens with one attached hydrogen (secondary N) is 1. The van der Waals surface area contributed by atoms with Gasteiger partial charge < -0.3 is 19.6 Å². The molecular weight excluding hydrogens is 282 g/mol. The lowest BCUT2D eigenvalue weighted by Gasteiger charge is -2.35. The molecule has 1 aromatic rings. The van der Waals surface area contributed by atoms with Crippen molar-refractivity contribution in [1.29, 1.82) is 0 Å². The number of anilines is 1. The molecule has 2 atom stereocenters. The number of nitrogens with zero attached hydrogens (tertiary/aromatic N) is 2. The lowest BCUT2D eigenvalue weighted by molar-refractivity contribution is 0.0365. The van der Waals surface area contributed by atoms with E-state index in [1.165, 1.54) is 0 Å². The number of hydrogen-bond acceptors (Lipinski definition) is 5. The number of benzene rings is 1. The zero-order valence-electron chi connectivity index (χ0n) is 12.6. The number of para-hydroxylation sites is 1. The van der Waals surface area contributed by atoms with Gasteiger partial charge in [0, 0.05) is 25.3 Å². The minimum absolute atomic E-state index is 0.00331. The van der Waals surface area contributed by atoms with E-state index in [4.69, 9.17) is 4.74 Å². The van der Waals surface area contributed by atoms with Gasteiger partial charge in [-0.1, -0.05) is 18.2 Å². The van der Waals surface area contributed by atoms with Crippen LogP contribution in [-0.2, 0) is 4.74 Å². The number of aliphatic hydroxyl groups excluding tert-OH is 1. The molecule has 6 nitrogen and oxygen atoms in total. The van der Waals surface area contributed by atoms with Crippen molar-refractivity contribution < 1.29 is 14.6 Å². The van der Waals surface area contributed by atoms with Crippen molar-refractivity contribution in [2.24, 2.45) is 0 Å². The first kappa shape index (κ1) is 15.1. The van der Waals surface area contributed by atoms with Crippen LogP contribution >= 0.6 is 0 Å². The van der Waals surface area contributed by atoms with Gasteiger partial charge in [0.1, 0.15) is 0 Å². The third-order valence-corrected chi connectivity index (χ3v) is 4.33. The van der Waals surface area contributed by atoms with Gasteiger partial charge >= 0.3 is 6.09 Å². The highest BCUT2D eigenvalue weighted by Gasteiger charge is 2.32. The molecule has 0 saturated carbocycles. The van der Waals surface area contributed by atoms with Crippen LogP contribution in [0.2, 0.25) is 0 Å². The fourth-order valence-corrected chi connectivity index (χ4v) is 3.12. The molecule has 0 radical (unpaired) electrons. The molecule has 22 heavy (non-hydrogen) atoms. The summed E-state index contributed by atoms with van der Waals surface area (Å²) in [5.41, 5.74) is 1.14. The molecule has 2 heterocycles. The molecule has 0 aromatic heterocycles. The molecule has 2 aliphatic heterocycles. The largest absolute Gasteiger partial charge is 0.428 e. The fraction of sp³-hybridized carbons (Fsp3) is 0.562. The third-order valence-electron chi connectivity index (χ3n) is 4.33. The average Bonchev–Trinajstić information content (AvgIpc) is 3.05. The maximum atomic E-state index is 12.3. The van der Waals surface area contributed by atoms with Crippen molar-refractivity contribution in [3.8, 4) is 0 Å². The number of rotatable bonds is 3. The van der Waals surface area contributed by atoms with E-state index in [0.717, 1.165) is 31.6 Å². The predicted molar refractivity (Wildman–Crippen MR) is 83.7 cm³/mol. The molecular formula is C16H23N3O3. The molecule has 1 amide bonds. The first-order valence-electron chi connectivity index (χ1n) is 7.89. The van der Waals surface area contributed by atoms with Crippen molar-refractivity contribution in [2.75, 3.05) is 37.7 Å². The van der Waals surface area contributed by atoms with Gasteiger partial charge in [-0.15, -0.1) is 0 Å². The Morgan fingerprint density at radius 1 is 1.32 bits per heavy atom. The van der Waals surface area contributed by atoms with Crippen LogP contribution in [0.15, 0.2) is 30.3 Å². The summed E-state index contributed by atoms with van der Waals surface area (Å²) in [6.45, 7) is 2.97. The van der Waals surface area contributed by atoms with E-state index in [1.54, 1.807) is 4.90 Å². The highest BCUT2D eigenvalue weighted by molar-refractivity contribution is 5.68. The van der Waals surface area contributed by atoms with Crippen LogP contribution in [0.5, 0.6) is 0 Å². The quantitative estimate of drug-likeness (QED) is 0.873. The third kappa shape index (κ3) is 3.34. The Hall–Kier alpha value is -1.79. The average molecular weight is 305 g/mol. The number of likely N-dealkylation sites (tertiary alicyclic amines) is 1. The van der Waals surface area contributed by atoms with E-state index in [0.29, 0.717) is 13.1 Å². The van der Waals surface area contributed by atoms with Gasteiger partial charge in [0.2, 0.25) is 0 Å². The van der Waals surface area contributed by atoms with E-state index in [1.807, 2.05) is 18.2 Å². The van der Waals surface area contributed by atoms with Crippen LogP contribution in [0, 0.1) is 0 Å². The van der Waals surface area contributed by atoms with E-state index in [-0.39, 0.29) is 25.0 Å². The molecule has 2 N–H and O–H groups in total. The van der Waals surface area contributed by atoms with Crippen molar-refractivity contribution in [1.82, 2.24) is 10.2 Å². The Bertz CT molecular complexity index is 497. The molecule has 1 unspecified atom stereocenters. The summed E-state index contributed by atoms with van der Waals surface area (Å²) in [7, 11) is 0. The Morgan fingerprint density at radius 3 is 2.91 bits per heavy atom. The van der Waals surface area contributed by atoms with Gasteiger partial charge in [0.15, 0.2) is 6.23 Å². The second-order valence-corrected chi connectivity index (χ2v) is 5.78. The highest BCUT2D eigenvalue weighted by Crippen LogP contribution is 2.19. The standard InChI is InChI=1S/C16H23N3O3/c20-12-14-7-4-9-19(14)16(21)22-15-11-18(10-8-17-15)13-5-2-1-3-6-13/h1-3,5-6,14-15,17,20H,4,7-12H2/t14-,15?/m0/s1. The minimum Gasteiger partial charge on any atom is -0.428 e. The molecule has 2 aliphatic rings. The number of amides is 1. The Kier molecular flexibility index (Phi) is 4.80. The highest BCUT2D eigenvalue weighted by atomic mass is 16.6. The van der Waals surface area contributed by atoms with Crippen molar-refractivity contribution in [3.05, 3.63) is 30.3 Å². The molecule has 1 aromatic carbocycles. The lowest BCUT2D eigenvalue weighted by atomic mass is 10.2. The summed E-state index contributed by atoms with van der Waals surface area (Å²) in [4.78, 5) is 16.1. The first-order valence-corrected chi connectivity index (χ1v) is 7.89. The van der Waals surface area contributed by atoms with E-state index < -0.39 is 0 Å². The number of carbonyl (C=O) groups excluding carboxylic acids is 1. The SMILES string of the molecule is O=C(OC1CN(c2ccccc2)CCN1)N1CCC[C@H]1CO. The van der Waals surface area contributed by atoms with E-state index >= 15 is 0 Å². The molecule has 0 bridgehead atoms. The van der Waals surface area contributed by atoms with Crippen LogP contribution in [0.25, 0.3) is 0 Å². The van der Waals surface area contributed by atoms with Crippen molar-refractivity contribution in [2.45, 2.75) is 25.1 Å². The first-order chi connectivity index (χ1) is 10.8. The van der Waals surface area contributed by atoms with Crippen LogP contribution in [-0.4, -0.2) is 61.2 Å². The Labute approximate surface area is 130 Å². The van der Waals surface area contributed by atoms with Crippen molar-refractivity contribution >= 4 is 11.8 Å². The van der Waals surface area contributed by atoms with Crippen LogP contribution < -0.4 is 10.2 Å². The minimum atomic E-state index is -0.330.